The Morgan fingerprint density at radius 2 is 0.952 bits per heavy atom. The first kappa shape index (κ1) is 15.8. The van der Waals surface area contributed by atoms with E-state index in [9.17, 15) is 0 Å². The summed E-state index contributed by atoms with van der Waals surface area (Å²) < 4.78 is 0. The van der Waals surface area contributed by atoms with Gasteiger partial charge >= 0.3 is 0 Å². The molecule has 112 valence electrons. The maximum Gasteiger partial charge on any atom is 0.0361 e. The third kappa shape index (κ3) is 4.71. The first-order valence-electron chi connectivity index (χ1n) is 7.16. The molecular weight excluding hydrogens is 276 g/mol. The van der Waals surface area contributed by atoms with Crippen molar-refractivity contribution in [3.05, 3.63) is 59.7 Å². The molecule has 0 spiro atoms. The zero-order valence-corrected chi connectivity index (χ0v) is 14.2. The van der Waals surface area contributed by atoms with Crippen molar-refractivity contribution in [1.82, 2.24) is 0 Å². The highest BCUT2D eigenvalue weighted by Crippen LogP contribution is 2.21. The molecule has 2 rings (SSSR count). The number of hydrogen-bond acceptors (Lipinski definition) is 3. The van der Waals surface area contributed by atoms with Crippen LogP contribution in [-0.2, 0) is 11.5 Å². The Hall–Kier alpha value is -1.61. The largest absolute Gasteiger partial charge is 0.378 e. The zero-order chi connectivity index (χ0) is 15.2. The molecule has 0 saturated carbocycles. The normalized spacial score (nSPS) is 10.5. The van der Waals surface area contributed by atoms with Crippen LogP contribution in [0.2, 0.25) is 0 Å². The monoisotopic (exact) mass is 300 g/mol. The summed E-state index contributed by atoms with van der Waals surface area (Å²) in [5, 5.41) is 0. The zero-order valence-electron chi connectivity index (χ0n) is 13.3. The fourth-order valence-corrected chi connectivity index (χ4v) is 3.03. The Morgan fingerprint density at radius 3 is 1.24 bits per heavy atom. The number of hydrogen-bond donors (Lipinski definition) is 0. The molecule has 0 bridgehead atoms. The fraction of sp³-hybridized carbons (Fsp3) is 0.333. The van der Waals surface area contributed by atoms with E-state index in [-0.39, 0.29) is 0 Å². The van der Waals surface area contributed by atoms with E-state index in [4.69, 9.17) is 0 Å². The van der Waals surface area contributed by atoms with Gasteiger partial charge in [0.25, 0.3) is 0 Å². The van der Waals surface area contributed by atoms with E-state index in [1.807, 2.05) is 11.8 Å². The van der Waals surface area contributed by atoms with E-state index < -0.39 is 0 Å². The Kier molecular flexibility index (Phi) is 5.57. The number of nitrogens with zero attached hydrogens (tertiary/aromatic N) is 2. The molecule has 21 heavy (non-hydrogen) atoms. The van der Waals surface area contributed by atoms with Gasteiger partial charge in [-0.3, -0.25) is 0 Å². The highest BCUT2D eigenvalue weighted by Gasteiger charge is 1.99. The van der Waals surface area contributed by atoms with Crippen LogP contribution >= 0.6 is 11.8 Å². The van der Waals surface area contributed by atoms with Crippen LogP contribution in [0.5, 0.6) is 0 Å². The molecule has 0 aliphatic rings. The van der Waals surface area contributed by atoms with Gasteiger partial charge in [-0.25, -0.2) is 0 Å². The number of anilines is 2. The fourth-order valence-electron chi connectivity index (χ4n) is 2.07. The Balaban J connectivity index is 1.83. The Morgan fingerprint density at radius 1 is 0.619 bits per heavy atom. The smallest absolute Gasteiger partial charge is 0.0361 e. The molecule has 0 aliphatic carbocycles. The molecule has 0 atom stereocenters. The van der Waals surface area contributed by atoms with Gasteiger partial charge in [-0.1, -0.05) is 24.3 Å². The topological polar surface area (TPSA) is 6.48 Å². The Labute approximate surface area is 132 Å². The van der Waals surface area contributed by atoms with Gasteiger partial charge in [0, 0.05) is 51.1 Å². The summed E-state index contributed by atoms with van der Waals surface area (Å²) in [6, 6.07) is 17.6. The van der Waals surface area contributed by atoms with Gasteiger partial charge in [0.05, 0.1) is 0 Å². The molecule has 2 aromatic rings. The van der Waals surface area contributed by atoms with Gasteiger partial charge < -0.3 is 9.80 Å². The van der Waals surface area contributed by atoms with Crippen molar-refractivity contribution in [2.24, 2.45) is 0 Å². The molecule has 0 N–H and O–H groups in total. The summed E-state index contributed by atoms with van der Waals surface area (Å²) in [6.07, 6.45) is 0. The van der Waals surface area contributed by atoms with Crippen molar-refractivity contribution in [1.29, 1.82) is 0 Å². The van der Waals surface area contributed by atoms with E-state index in [0.717, 1.165) is 11.5 Å². The van der Waals surface area contributed by atoms with E-state index in [1.54, 1.807) is 0 Å². The minimum Gasteiger partial charge on any atom is -0.378 e. The molecule has 2 aromatic carbocycles. The van der Waals surface area contributed by atoms with Gasteiger partial charge in [-0.15, -0.1) is 0 Å². The van der Waals surface area contributed by atoms with Gasteiger partial charge in [-0.05, 0) is 35.4 Å². The lowest BCUT2D eigenvalue weighted by Crippen LogP contribution is -2.08. The van der Waals surface area contributed by atoms with Gasteiger partial charge in [0.15, 0.2) is 0 Å². The Bertz CT molecular complexity index is 493. The summed E-state index contributed by atoms with van der Waals surface area (Å²) in [5.74, 6) is 2.12. The van der Waals surface area contributed by atoms with E-state index in [1.165, 1.54) is 22.5 Å². The number of thioether (sulfide) groups is 1. The van der Waals surface area contributed by atoms with E-state index >= 15 is 0 Å². The lowest BCUT2D eigenvalue weighted by molar-refractivity contribution is 1.13. The molecule has 3 heteroatoms. The summed E-state index contributed by atoms with van der Waals surface area (Å²) in [4.78, 5) is 4.26. The second-order valence-electron chi connectivity index (χ2n) is 5.61. The molecule has 0 fully saturated rings. The van der Waals surface area contributed by atoms with E-state index in [0.29, 0.717) is 0 Å². The van der Waals surface area contributed by atoms with Crippen molar-refractivity contribution in [2.75, 3.05) is 38.0 Å². The minimum atomic E-state index is 1.06. The van der Waals surface area contributed by atoms with Crippen molar-refractivity contribution in [3.8, 4) is 0 Å². The number of benzene rings is 2. The third-order valence-electron chi connectivity index (χ3n) is 3.44. The lowest BCUT2D eigenvalue weighted by atomic mass is 10.2. The van der Waals surface area contributed by atoms with Crippen molar-refractivity contribution >= 4 is 23.1 Å². The third-order valence-corrected chi connectivity index (χ3v) is 4.52. The van der Waals surface area contributed by atoms with Crippen LogP contribution < -0.4 is 9.80 Å². The summed E-state index contributed by atoms with van der Waals surface area (Å²) in [7, 11) is 8.28. The highest BCUT2D eigenvalue weighted by atomic mass is 32.2. The summed E-state index contributed by atoms with van der Waals surface area (Å²) >= 11 is 1.96. The molecule has 0 saturated heterocycles. The predicted molar refractivity (Wildman–Crippen MR) is 96.5 cm³/mol. The molecule has 0 amide bonds. The van der Waals surface area contributed by atoms with Crippen LogP contribution in [0.3, 0.4) is 0 Å². The van der Waals surface area contributed by atoms with Crippen LogP contribution in [-0.4, -0.2) is 28.2 Å². The number of rotatable bonds is 6. The van der Waals surface area contributed by atoms with Crippen LogP contribution in [0.1, 0.15) is 11.1 Å². The lowest BCUT2D eigenvalue weighted by Gasteiger charge is -2.13. The van der Waals surface area contributed by atoms with Crippen molar-refractivity contribution < 1.29 is 0 Å². The molecule has 0 aromatic heterocycles. The van der Waals surface area contributed by atoms with Crippen molar-refractivity contribution in [3.63, 3.8) is 0 Å². The second kappa shape index (κ2) is 7.41. The standard InChI is InChI=1S/C18H24N2S/c1-19(2)17-9-5-15(6-10-17)13-21-14-16-7-11-18(12-8-16)20(3)4/h5-12H,13-14H2,1-4H3. The quantitative estimate of drug-likeness (QED) is 0.787. The minimum absolute atomic E-state index is 1.06. The highest BCUT2D eigenvalue weighted by molar-refractivity contribution is 7.97. The van der Waals surface area contributed by atoms with Crippen LogP contribution in [0.15, 0.2) is 48.5 Å². The average Bonchev–Trinajstić information content (AvgIpc) is 2.48. The molecular formula is C18H24N2S. The predicted octanol–water partition coefficient (Wildman–Crippen LogP) is 4.25. The van der Waals surface area contributed by atoms with Gasteiger partial charge in [-0.2, -0.15) is 11.8 Å². The summed E-state index contributed by atoms with van der Waals surface area (Å²) in [6.45, 7) is 0. The second-order valence-corrected chi connectivity index (χ2v) is 6.60. The molecule has 0 heterocycles. The molecule has 0 unspecified atom stereocenters. The first-order valence-corrected chi connectivity index (χ1v) is 8.32. The van der Waals surface area contributed by atoms with Gasteiger partial charge in [0.2, 0.25) is 0 Å². The molecule has 2 nitrogen and oxygen atoms in total. The van der Waals surface area contributed by atoms with Crippen LogP contribution in [0.25, 0.3) is 0 Å². The van der Waals surface area contributed by atoms with Crippen molar-refractivity contribution in [2.45, 2.75) is 11.5 Å². The summed E-state index contributed by atoms with van der Waals surface area (Å²) in [5.41, 5.74) is 5.28. The average molecular weight is 300 g/mol. The molecule has 0 aliphatic heterocycles. The van der Waals surface area contributed by atoms with Gasteiger partial charge in [0.1, 0.15) is 0 Å². The first-order chi connectivity index (χ1) is 10.1. The van der Waals surface area contributed by atoms with Crippen LogP contribution in [0, 0.1) is 0 Å². The maximum atomic E-state index is 2.22. The van der Waals surface area contributed by atoms with E-state index in [2.05, 4.69) is 86.5 Å². The SMILES string of the molecule is CN(C)c1ccc(CSCc2ccc(N(C)C)cc2)cc1. The van der Waals surface area contributed by atoms with Crippen LogP contribution in [0.4, 0.5) is 11.4 Å². The maximum absolute atomic E-state index is 2.22. The molecule has 0 radical (unpaired) electrons.